The maximum Gasteiger partial charge on any atom is 0.243 e. The van der Waals surface area contributed by atoms with Gasteiger partial charge in [-0.3, -0.25) is 4.79 Å². The van der Waals surface area contributed by atoms with Gasteiger partial charge in [0.25, 0.3) is 0 Å². The van der Waals surface area contributed by atoms with Crippen LogP contribution in [0.4, 0.5) is 5.69 Å². The topological polar surface area (TPSA) is 79.0 Å². The number of aromatic amines is 1. The van der Waals surface area contributed by atoms with Gasteiger partial charge in [-0.1, -0.05) is 0 Å². The van der Waals surface area contributed by atoms with Gasteiger partial charge in [-0.25, -0.2) is 4.98 Å². The predicted octanol–water partition coefficient (Wildman–Crippen LogP) is 0.798. The first-order valence-electron chi connectivity index (χ1n) is 6.31. The quantitative estimate of drug-likeness (QED) is 0.746. The molecule has 0 aliphatic carbocycles. The average Bonchev–Trinajstić information content (AvgIpc) is 2.79. The molecule has 2 heterocycles. The Balaban J connectivity index is 1.74. The van der Waals surface area contributed by atoms with E-state index in [0.29, 0.717) is 19.8 Å². The number of aromatic nitrogens is 2. The molecule has 100 valence electrons. The van der Waals surface area contributed by atoms with E-state index >= 15 is 0 Å². The van der Waals surface area contributed by atoms with Crippen LogP contribution in [0, 0.1) is 6.92 Å². The van der Waals surface area contributed by atoms with Crippen LogP contribution >= 0.6 is 0 Å². The standard InChI is InChI=1S/C13H16N4O2/c1-8-15-10-3-2-9(6-11(10)16-8)17-13(18)12-7-19-5-4-14-12/h2-3,6,12,14H,4-5,7H2,1H3,(H,15,16)(H,17,18). The number of anilines is 1. The Hall–Kier alpha value is -1.92. The second kappa shape index (κ2) is 4.99. The Morgan fingerprint density at radius 3 is 3.21 bits per heavy atom. The lowest BCUT2D eigenvalue weighted by Crippen LogP contribution is -2.48. The van der Waals surface area contributed by atoms with E-state index in [1.165, 1.54) is 0 Å². The van der Waals surface area contributed by atoms with Gasteiger partial charge in [0.1, 0.15) is 11.9 Å². The van der Waals surface area contributed by atoms with Gasteiger partial charge in [-0.2, -0.15) is 0 Å². The van der Waals surface area contributed by atoms with Crippen molar-refractivity contribution in [1.82, 2.24) is 15.3 Å². The number of nitrogens with one attached hydrogen (secondary N) is 3. The number of rotatable bonds is 2. The van der Waals surface area contributed by atoms with Gasteiger partial charge < -0.3 is 20.4 Å². The Kier molecular flexibility index (Phi) is 3.18. The lowest BCUT2D eigenvalue weighted by Gasteiger charge is -2.22. The fourth-order valence-electron chi connectivity index (χ4n) is 2.18. The number of benzene rings is 1. The van der Waals surface area contributed by atoms with Crippen molar-refractivity contribution in [3.05, 3.63) is 24.0 Å². The van der Waals surface area contributed by atoms with Crippen molar-refractivity contribution in [3.8, 4) is 0 Å². The molecule has 1 saturated heterocycles. The zero-order chi connectivity index (χ0) is 13.2. The third-order valence-corrected chi connectivity index (χ3v) is 3.11. The molecular formula is C13H16N4O2. The Morgan fingerprint density at radius 2 is 2.42 bits per heavy atom. The van der Waals surface area contributed by atoms with Crippen molar-refractivity contribution in [2.45, 2.75) is 13.0 Å². The van der Waals surface area contributed by atoms with Gasteiger partial charge in [0.05, 0.1) is 24.2 Å². The highest BCUT2D eigenvalue weighted by atomic mass is 16.5. The molecule has 0 radical (unpaired) electrons. The van der Waals surface area contributed by atoms with Crippen molar-refractivity contribution in [2.75, 3.05) is 25.1 Å². The normalized spacial score (nSPS) is 19.5. The Bertz CT molecular complexity index is 602. The van der Waals surface area contributed by atoms with Crippen molar-refractivity contribution < 1.29 is 9.53 Å². The van der Waals surface area contributed by atoms with Gasteiger partial charge in [-0.05, 0) is 25.1 Å². The summed E-state index contributed by atoms with van der Waals surface area (Å²) in [7, 11) is 0. The number of imidazole rings is 1. The van der Waals surface area contributed by atoms with E-state index in [2.05, 4.69) is 20.6 Å². The van der Waals surface area contributed by atoms with Gasteiger partial charge in [0, 0.05) is 12.2 Å². The minimum Gasteiger partial charge on any atom is -0.378 e. The number of carbonyl (C=O) groups is 1. The summed E-state index contributed by atoms with van der Waals surface area (Å²) < 4.78 is 5.27. The van der Waals surface area contributed by atoms with Gasteiger partial charge >= 0.3 is 0 Å². The summed E-state index contributed by atoms with van der Waals surface area (Å²) in [5, 5.41) is 6.01. The summed E-state index contributed by atoms with van der Waals surface area (Å²) in [6.45, 7) is 3.68. The fourth-order valence-corrected chi connectivity index (χ4v) is 2.18. The summed E-state index contributed by atoms with van der Waals surface area (Å²) in [6, 6.07) is 5.34. The van der Waals surface area contributed by atoms with E-state index in [4.69, 9.17) is 4.74 Å². The average molecular weight is 260 g/mol. The van der Waals surface area contributed by atoms with Crippen LogP contribution in [0.1, 0.15) is 5.82 Å². The number of carbonyl (C=O) groups excluding carboxylic acids is 1. The van der Waals surface area contributed by atoms with Crippen molar-refractivity contribution in [2.24, 2.45) is 0 Å². The molecule has 3 rings (SSSR count). The van der Waals surface area contributed by atoms with Gasteiger partial charge in [-0.15, -0.1) is 0 Å². The molecule has 1 aromatic heterocycles. The highest BCUT2D eigenvalue weighted by Gasteiger charge is 2.21. The van der Waals surface area contributed by atoms with Gasteiger partial charge in [0.2, 0.25) is 5.91 Å². The first-order chi connectivity index (χ1) is 9.22. The largest absolute Gasteiger partial charge is 0.378 e. The molecule has 6 heteroatoms. The molecular weight excluding hydrogens is 244 g/mol. The van der Waals surface area contributed by atoms with Crippen molar-refractivity contribution >= 4 is 22.6 Å². The van der Waals surface area contributed by atoms with E-state index < -0.39 is 0 Å². The SMILES string of the molecule is Cc1nc2ccc(NC(=O)C3COCCN3)cc2[nH]1. The molecule has 0 saturated carbocycles. The molecule has 1 atom stereocenters. The molecule has 1 aliphatic heterocycles. The van der Waals surface area contributed by atoms with Crippen LogP contribution in [0.5, 0.6) is 0 Å². The monoisotopic (exact) mass is 260 g/mol. The minimum atomic E-state index is -0.284. The van der Waals surface area contributed by atoms with Gasteiger partial charge in [0.15, 0.2) is 0 Å². The van der Waals surface area contributed by atoms with Crippen LogP contribution in [-0.2, 0) is 9.53 Å². The first kappa shape index (κ1) is 12.1. The molecule has 1 aromatic carbocycles. The number of ether oxygens (including phenoxy) is 1. The molecule has 1 unspecified atom stereocenters. The summed E-state index contributed by atoms with van der Waals surface area (Å²) >= 11 is 0. The maximum atomic E-state index is 12.0. The van der Waals surface area contributed by atoms with Crippen molar-refractivity contribution in [3.63, 3.8) is 0 Å². The van der Waals surface area contributed by atoms with E-state index in [-0.39, 0.29) is 11.9 Å². The Labute approximate surface area is 110 Å². The predicted molar refractivity (Wildman–Crippen MR) is 72.1 cm³/mol. The van der Waals surface area contributed by atoms with Crippen LogP contribution in [0.3, 0.4) is 0 Å². The van der Waals surface area contributed by atoms with E-state index in [1.54, 1.807) is 0 Å². The second-order valence-corrected chi connectivity index (χ2v) is 4.63. The highest BCUT2D eigenvalue weighted by molar-refractivity contribution is 5.96. The number of fused-ring (bicyclic) bond motifs is 1. The fraction of sp³-hybridized carbons (Fsp3) is 0.385. The van der Waals surface area contributed by atoms with Crippen LogP contribution in [0.2, 0.25) is 0 Å². The number of morpholine rings is 1. The summed E-state index contributed by atoms with van der Waals surface area (Å²) in [5.74, 6) is 0.788. The minimum absolute atomic E-state index is 0.0738. The smallest absolute Gasteiger partial charge is 0.243 e. The van der Waals surface area contributed by atoms with Crippen LogP contribution in [-0.4, -0.2) is 41.7 Å². The zero-order valence-corrected chi connectivity index (χ0v) is 10.7. The molecule has 6 nitrogen and oxygen atoms in total. The number of aryl methyl sites for hydroxylation is 1. The molecule has 3 N–H and O–H groups in total. The van der Waals surface area contributed by atoms with Crippen LogP contribution < -0.4 is 10.6 Å². The number of hydrogen-bond acceptors (Lipinski definition) is 4. The maximum absolute atomic E-state index is 12.0. The third-order valence-electron chi connectivity index (χ3n) is 3.11. The third kappa shape index (κ3) is 2.59. The molecule has 2 aromatic rings. The number of hydrogen-bond donors (Lipinski definition) is 3. The highest BCUT2D eigenvalue weighted by Crippen LogP contribution is 2.17. The summed E-state index contributed by atoms with van der Waals surface area (Å²) in [5.41, 5.74) is 2.58. The lowest BCUT2D eigenvalue weighted by molar-refractivity contribution is -0.120. The van der Waals surface area contributed by atoms with E-state index in [1.807, 2.05) is 25.1 Å². The molecule has 1 fully saturated rings. The number of nitrogens with zero attached hydrogens (tertiary/aromatic N) is 1. The van der Waals surface area contributed by atoms with Crippen molar-refractivity contribution in [1.29, 1.82) is 0 Å². The lowest BCUT2D eigenvalue weighted by atomic mass is 10.2. The Morgan fingerprint density at radius 1 is 1.53 bits per heavy atom. The molecule has 19 heavy (non-hydrogen) atoms. The molecule has 0 spiro atoms. The van der Waals surface area contributed by atoms with Crippen LogP contribution in [0.15, 0.2) is 18.2 Å². The molecule has 1 amide bonds. The summed E-state index contributed by atoms with van der Waals surface area (Å²) in [4.78, 5) is 19.5. The second-order valence-electron chi connectivity index (χ2n) is 4.63. The first-order valence-corrected chi connectivity index (χ1v) is 6.31. The molecule has 0 bridgehead atoms. The van der Waals surface area contributed by atoms with E-state index in [9.17, 15) is 4.79 Å². The van der Waals surface area contributed by atoms with Crippen LogP contribution in [0.25, 0.3) is 11.0 Å². The number of amides is 1. The van der Waals surface area contributed by atoms with E-state index in [0.717, 1.165) is 22.5 Å². The number of H-pyrrole nitrogens is 1. The molecule has 1 aliphatic rings. The zero-order valence-electron chi connectivity index (χ0n) is 10.7. The summed E-state index contributed by atoms with van der Waals surface area (Å²) in [6.07, 6.45) is 0.